The molecule has 0 amide bonds. The van der Waals surface area contributed by atoms with E-state index in [4.69, 9.17) is 20.8 Å². The van der Waals surface area contributed by atoms with Crippen LogP contribution in [0.3, 0.4) is 0 Å². The Morgan fingerprint density at radius 2 is 2.41 bits per heavy atom. The third-order valence-corrected chi connectivity index (χ3v) is 3.34. The summed E-state index contributed by atoms with van der Waals surface area (Å²) in [6.45, 7) is 2.15. The second-order valence-electron chi connectivity index (χ2n) is 3.42. The maximum atomic E-state index is 5.86. The summed E-state index contributed by atoms with van der Waals surface area (Å²) in [5, 5.41) is 3.20. The van der Waals surface area contributed by atoms with Gasteiger partial charge in [-0.05, 0) is 12.1 Å². The first-order chi connectivity index (χ1) is 8.29. The van der Waals surface area contributed by atoms with Gasteiger partial charge in [0.1, 0.15) is 6.26 Å². The third-order valence-electron chi connectivity index (χ3n) is 2.12. The molecule has 4 nitrogen and oxygen atoms in total. The number of methoxy groups -OCH3 is 1. The van der Waals surface area contributed by atoms with Gasteiger partial charge in [-0.2, -0.15) is 0 Å². The molecule has 0 saturated carbocycles. The quantitative estimate of drug-likeness (QED) is 0.822. The Bertz CT molecular complexity index is 469. The molecule has 17 heavy (non-hydrogen) atoms. The molecule has 1 N–H and O–H groups in total. The van der Waals surface area contributed by atoms with E-state index in [9.17, 15) is 0 Å². The number of nitrogens with zero attached hydrogens (tertiary/aromatic N) is 1. The zero-order valence-corrected chi connectivity index (χ0v) is 11.0. The van der Waals surface area contributed by atoms with Crippen LogP contribution < -0.4 is 5.32 Å². The van der Waals surface area contributed by atoms with E-state index in [1.165, 1.54) is 11.3 Å². The molecule has 0 fully saturated rings. The number of aromatic nitrogens is 1. The molecular weight excluding hydrogens is 260 g/mol. The first-order valence-corrected chi connectivity index (χ1v) is 6.39. The maximum Gasteiger partial charge on any atom is 0.236 e. The lowest BCUT2D eigenvalue weighted by molar-refractivity contribution is 0.199. The van der Waals surface area contributed by atoms with Gasteiger partial charge in [0, 0.05) is 20.2 Å². The van der Waals surface area contributed by atoms with Crippen LogP contribution in [0.15, 0.2) is 22.8 Å². The van der Waals surface area contributed by atoms with Crippen molar-refractivity contribution in [2.45, 2.75) is 6.54 Å². The Morgan fingerprint density at radius 1 is 1.53 bits per heavy atom. The Morgan fingerprint density at radius 3 is 3.12 bits per heavy atom. The van der Waals surface area contributed by atoms with Gasteiger partial charge in [0.25, 0.3) is 0 Å². The van der Waals surface area contributed by atoms with Crippen molar-refractivity contribution in [1.82, 2.24) is 10.3 Å². The molecule has 2 aromatic heterocycles. The van der Waals surface area contributed by atoms with E-state index in [2.05, 4.69) is 10.3 Å². The van der Waals surface area contributed by atoms with Gasteiger partial charge in [0.05, 0.1) is 21.5 Å². The van der Waals surface area contributed by atoms with Gasteiger partial charge < -0.3 is 14.5 Å². The van der Waals surface area contributed by atoms with E-state index in [-0.39, 0.29) is 0 Å². The van der Waals surface area contributed by atoms with Gasteiger partial charge in [-0.1, -0.05) is 11.6 Å². The largest absolute Gasteiger partial charge is 0.444 e. The van der Waals surface area contributed by atoms with Crippen molar-refractivity contribution in [3.05, 3.63) is 28.4 Å². The molecule has 0 saturated heterocycles. The van der Waals surface area contributed by atoms with Crippen LogP contribution in [-0.2, 0) is 11.3 Å². The van der Waals surface area contributed by atoms with Crippen molar-refractivity contribution < 1.29 is 9.15 Å². The average molecular weight is 273 g/mol. The van der Waals surface area contributed by atoms with Crippen molar-refractivity contribution in [2.24, 2.45) is 0 Å². The van der Waals surface area contributed by atoms with Crippen LogP contribution in [0, 0.1) is 0 Å². The fraction of sp³-hybridized carbons (Fsp3) is 0.364. The number of thiophene rings is 1. The predicted molar refractivity (Wildman–Crippen MR) is 68.4 cm³/mol. The highest BCUT2D eigenvalue weighted by atomic mass is 35.5. The van der Waals surface area contributed by atoms with E-state index in [0.29, 0.717) is 19.0 Å². The average Bonchev–Trinajstić information content (AvgIpc) is 2.93. The molecule has 0 aliphatic rings. The maximum absolute atomic E-state index is 5.86. The lowest BCUT2D eigenvalue weighted by Gasteiger charge is -1.99. The zero-order chi connectivity index (χ0) is 12.1. The van der Waals surface area contributed by atoms with Gasteiger partial charge in [-0.3, -0.25) is 0 Å². The van der Waals surface area contributed by atoms with Crippen LogP contribution in [0.25, 0.3) is 10.8 Å². The van der Waals surface area contributed by atoms with Crippen molar-refractivity contribution >= 4 is 22.9 Å². The number of ether oxygens (including phenoxy) is 1. The van der Waals surface area contributed by atoms with Crippen LogP contribution in [0.5, 0.6) is 0 Å². The Balaban J connectivity index is 1.92. The Hall–Kier alpha value is -0.880. The summed E-state index contributed by atoms with van der Waals surface area (Å²) in [5.74, 6) is 0.616. The minimum absolute atomic E-state index is 0.616. The molecule has 0 atom stereocenters. The molecule has 2 heterocycles. The number of halogens is 1. The molecule has 0 aliphatic heterocycles. The second kappa shape index (κ2) is 6.16. The molecule has 2 rings (SSSR count). The zero-order valence-electron chi connectivity index (χ0n) is 9.40. The molecule has 92 valence electrons. The first kappa shape index (κ1) is 12.6. The number of hydrogen-bond acceptors (Lipinski definition) is 5. The van der Waals surface area contributed by atoms with Gasteiger partial charge in [0.15, 0.2) is 0 Å². The molecule has 0 aromatic carbocycles. The summed E-state index contributed by atoms with van der Waals surface area (Å²) in [5.41, 5.74) is 0.876. The highest BCUT2D eigenvalue weighted by molar-refractivity contribution is 7.19. The van der Waals surface area contributed by atoms with Crippen LogP contribution in [0.2, 0.25) is 4.34 Å². The summed E-state index contributed by atoms with van der Waals surface area (Å²) < 4.78 is 11.1. The number of nitrogens with one attached hydrogen (secondary N) is 1. The van der Waals surface area contributed by atoms with E-state index in [1.54, 1.807) is 13.4 Å². The molecule has 0 unspecified atom stereocenters. The first-order valence-electron chi connectivity index (χ1n) is 5.19. The van der Waals surface area contributed by atoms with Crippen molar-refractivity contribution in [3.8, 4) is 10.8 Å². The minimum Gasteiger partial charge on any atom is -0.444 e. The van der Waals surface area contributed by atoms with Crippen LogP contribution in [0.4, 0.5) is 0 Å². The molecule has 0 radical (unpaired) electrons. The fourth-order valence-electron chi connectivity index (χ4n) is 1.32. The fourth-order valence-corrected chi connectivity index (χ4v) is 2.30. The van der Waals surface area contributed by atoms with E-state index < -0.39 is 0 Å². The molecular formula is C11H13ClN2O2S. The predicted octanol–water partition coefficient (Wildman–Crippen LogP) is 2.79. The van der Waals surface area contributed by atoms with E-state index in [0.717, 1.165) is 21.5 Å². The van der Waals surface area contributed by atoms with Crippen molar-refractivity contribution in [2.75, 3.05) is 20.3 Å². The topological polar surface area (TPSA) is 47.3 Å². The van der Waals surface area contributed by atoms with Crippen molar-refractivity contribution in [3.63, 3.8) is 0 Å². The van der Waals surface area contributed by atoms with Crippen molar-refractivity contribution in [1.29, 1.82) is 0 Å². The molecule has 0 bridgehead atoms. The standard InChI is InChI=1S/C11H13ClN2O2S/c1-15-5-4-13-6-8-7-16-11(14-8)9-2-3-10(12)17-9/h2-3,7,13H,4-6H2,1H3. The smallest absolute Gasteiger partial charge is 0.236 e. The van der Waals surface area contributed by atoms with Gasteiger partial charge in [-0.15, -0.1) is 11.3 Å². The number of rotatable bonds is 6. The monoisotopic (exact) mass is 272 g/mol. The van der Waals surface area contributed by atoms with Gasteiger partial charge in [0.2, 0.25) is 5.89 Å². The molecule has 2 aromatic rings. The summed E-state index contributed by atoms with van der Waals surface area (Å²) in [6, 6.07) is 3.74. The highest BCUT2D eigenvalue weighted by Gasteiger charge is 2.08. The van der Waals surface area contributed by atoms with Gasteiger partial charge in [-0.25, -0.2) is 4.98 Å². The normalized spacial score (nSPS) is 10.9. The molecule has 0 spiro atoms. The lowest BCUT2D eigenvalue weighted by atomic mass is 10.4. The van der Waals surface area contributed by atoms with Crippen LogP contribution >= 0.6 is 22.9 Å². The van der Waals surface area contributed by atoms with E-state index in [1.807, 2.05) is 12.1 Å². The lowest BCUT2D eigenvalue weighted by Crippen LogP contribution is -2.18. The summed E-state index contributed by atoms with van der Waals surface area (Å²) >= 11 is 7.31. The summed E-state index contributed by atoms with van der Waals surface area (Å²) in [7, 11) is 1.68. The highest BCUT2D eigenvalue weighted by Crippen LogP contribution is 2.30. The number of oxazole rings is 1. The Labute approximate surface area is 109 Å². The third kappa shape index (κ3) is 3.54. The van der Waals surface area contributed by atoms with E-state index >= 15 is 0 Å². The second-order valence-corrected chi connectivity index (χ2v) is 5.13. The number of hydrogen-bond donors (Lipinski definition) is 1. The Kier molecular flexibility index (Phi) is 4.56. The van der Waals surface area contributed by atoms with Crippen LogP contribution in [-0.4, -0.2) is 25.2 Å². The molecule has 0 aliphatic carbocycles. The van der Waals surface area contributed by atoms with Gasteiger partial charge >= 0.3 is 0 Å². The summed E-state index contributed by atoms with van der Waals surface area (Å²) in [4.78, 5) is 5.32. The minimum atomic E-state index is 0.616. The molecule has 6 heteroatoms. The van der Waals surface area contributed by atoms with Crippen LogP contribution in [0.1, 0.15) is 5.69 Å². The summed E-state index contributed by atoms with van der Waals surface area (Å²) in [6.07, 6.45) is 1.66. The SMILES string of the molecule is COCCNCc1coc(-c2ccc(Cl)s2)n1.